The molecule has 2 aliphatic rings. The first-order chi connectivity index (χ1) is 21.8. The molecule has 4 heterocycles. The van der Waals surface area contributed by atoms with Crippen molar-refractivity contribution < 1.29 is 27.8 Å². The van der Waals surface area contributed by atoms with Gasteiger partial charge in [0.25, 0.3) is 5.91 Å². The first kappa shape index (κ1) is 32.9. The van der Waals surface area contributed by atoms with Crippen LogP contribution in [0.25, 0.3) is 16.9 Å². The molecule has 2 aromatic heterocycles. The summed E-state index contributed by atoms with van der Waals surface area (Å²) in [5, 5.41) is 9.56. The number of rotatable bonds is 8. The predicted molar refractivity (Wildman–Crippen MR) is 170 cm³/mol. The van der Waals surface area contributed by atoms with Gasteiger partial charge in [-0.2, -0.15) is 8.78 Å². The minimum absolute atomic E-state index is 0. The molecule has 3 N–H and O–H groups in total. The Bertz CT molecular complexity index is 1680. The number of aryl methyl sites for hydroxylation is 1. The van der Waals surface area contributed by atoms with Gasteiger partial charge < -0.3 is 35.2 Å². The summed E-state index contributed by atoms with van der Waals surface area (Å²) in [6.45, 7) is 2.15. The van der Waals surface area contributed by atoms with Crippen LogP contribution in [0.5, 0.6) is 5.75 Å². The second-order valence-electron chi connectivity index (χ2n) is 10.9. The zero-order chi connectivity index (χ0) is 31.5. The lowest BCUT2D eigenvalue weighted by atomic mass is 10.1. The number of aromatic nitrogens is 3. The van der Waals surface area contributed by atoms with Gasteiger partial charge in [-0.3, -0.25) is 9.20 Å². The summed E-state index contributed by atoms with van der Waals surface area (Å²) in [6.07, 6.45) is 5.04. The number of urea groups is 1. The quantitative estimate of drug-likeness (QED) is 0.261. The van der Waals surface area contributed by atoms with Gasteiger partial charge in [0, 0.05) is 75.6 Å². The number of nitrogens with zero attached hydrogens (tertiary/aromatic N) is 5. The number of benzene rings is 2. The molecule has 3 amide bonds. The molecule has 0 aliphatic carbocycles. The molecule has 4 aromatic rings. The maximum atomic E-state index is 13.4. The fourth-order valence-electron chi connectivity index (χ4n) is 5.73. The molecular formula is C31H35ClF2N8O4. The highest BCUT2D eigenvalue weighted by molar-refractivity contribution is 5.96. The molecule has 2 aliphatic heterocycles. The molecule has 0 radical (unpaired) electrons. The zero-order valence-corrected chi connectivity index (χ0v) is 26.1. The summed E-state index contributed by atoms with van der Waals surface area (Å²) in [7, 11) is 1.64. The van der Waals surface area contributed by atoms with E-state index in [2.05, 4.69) is 30.7 Å². The molecule has 0 saturated carbocycles. The third-order valence-electron chi connectivity index (χ3n) is 8.15. The molecular weight excluding hydrogens is 622 g/mol. The van der Waals surface area contributed by atoms with E-state index in [1.165, 1.54) is 12.1 Å². The number of amides is 3. The molecule has 46 heavy (non-hydrogen) atoms. The second kappa shape index (κ2) is 14.3. The van der Waals surface area contributed by atoms with Gasteiger partial charge in [-0.05, 0) is 55.0 Å². The monoisotopic (exact) mass is 656 g/mol. The average molecular weight is 657 g/mol. The Morgan fingerprint density at radius 3 is 2.46 bits per heavy atom. The molecule has 2 fully saturated rings. The van der Waals surface area contributed by atoms with Crippen molar-refractivity contribution in [3.8, 4) is 17.0 Å². The number of anilines is 2. The van der Waals surface area contributed by atoms with Gasteiger partial charge >= 0.3 is 12.6 Å². The van der Waals surface area contributed by atoms with E-state index in [1.807, 2.05) is 23.5 Å². The maximum Gasteiger partial charge on any atom is 0.387 e. The molecule has 0 spiro atoms. The van der Waals surface area contributed by atoms with Crippen LogP contribution in [0.15, 0.2) is 61.1 Å². The lowest BCUT2D eigenvalue weighted by molar-refractivity contribution is -0.0498. The molecule has 244 valence electrons. The van der Waals surface area contributed by atoms with Crippen molar-refractivity contribution in [2.75, 3.05) is 51.7 Å². The number of piperazine rings is 1. The van der Waals surface area contributed by atoms with Gasteiger partial charge in [-0.25, -0.2) is 14.8 Å². The summed E-state index contributed by atoms with van der Waals surface area (Å²) in [5.41, 5.74) is 4.22. The number of halogens is 3. The van der Waals surface area contributed by atoms with Crippen molar-refractivity contribution in [3.05, 3.63) is 72.2 Å². The van der Waals surface area contributed by atoms with E-state index >= 15 is 0 Å². The largest absolute Gasteiger partial charge is 0.435 e. The van der Waals surface area contributed by atoms with Gasteiger partial charge in [0.2, 0.25) is 0 Å². The lowest BCUT2D eigenvalue weighted by Crippen LogP contribution is -2.56. The van der Waals surface area contributed by atoms with Crippen LogP contribution in [0.4, 0.5) is 25.1 Å². The number of imidazole rings is 1. The third-order valence-corrected chi connectivity index (χ3v) is 8.15. The molecule has 2 atom stereocenters. The molecule has 6 rings (SSSR count). The number of alkyl halides is 2. The van der Waals surface area contributed by atoms with E-state index in [1.54, 1.807) is 53.7 Å². The van der Waals surface area contributed by atoms with Crippen molar-refractivity contribution in [1.29, 1.82) is 0 Å². The standard InChI is InChI=1S/C31H34F2N8O4.ClH/c1-19-15-21(37-27-28-36-17-25(41(28)10-9-35-27)20-3-6-22(7-4-20)45-30(32)33)5-8-23(19)29(42)39-11-13-40(14-12-39)31(43)38-24-16-34-18-26(24)44-2;/h3-10,15,17,24,26,30,34H,11-14,16,18H2,1-2H3,(H,35,37)(H,38,43);1H/t24-,26-;/m1./s1. The Morgan fingerprint density at radius 2 is 1.76 bits per heavy atom. The van der Waals surface area contributed by atoms with E-state index in [-0.39, 0.29) is 42.2 Å². The number of nitrogens with one attached hydrogen (secondary N) is 3. The topological polar surface area (TPSA) is 125 Å². The fraction of sp³-hybridized carbons (Fsp3) is 0.355. The number of ether oxygens (including phenoxy) is 2. The smallest absolute Gasteiger partial charge is 0.387 e. The average Bonchev–Trinajstić information content (AvgIpc) is 3.68. The molecule has 2 saturated heterocycles. The number of hydrogen-bond acceptors (Lipinski definition) is 8. The van der Waals surface area contributed by atoms with Gasteiger partial charge in [0.1, 0.15) is 5.75 Å². The third kappa shape index (κ3) is 6.98. The minimum Gasteiger partial charge on any atom is -0.435 e. The van der Waals surface area contributed by atoms with Crippen LogP contribution in [-0.4, -0.2) is 101 Å². The van der Waals surface area contributed by atoms with Crippen LogP contribution in [-0.2, 0) is 4.74 Å². The summed E-state index contributed by atoms with van der Waals surface area (Å²) >= 11 is 0. The van der Waals surface area contributed by atoms with Gasteiger partial charge in [-0.15, -0.1) is 12.4 Å². The molecule has 15 heteroatoms. The SMILES string of the molecule is CO[C@@H]1CNC[C@H]1NC(=O)N1CCN(C(=O)c2ccc(Nc3nccn4c(-c5ccc(OC(F)F)cc5)cnc34)cc2C)CC1.Cl. The van der Waals surface area contributed by atoms with Gasteiger partial charge in [-0.1, -0.05) is 0 Å². The van der Waals surface area contributed by atoms with Crippen LogP contribution < -0.4 is 20.7 Å². The summed E-state index contributed by atoms with van der Waals surface area (Å²) in [6, 6.07) is 11.6. The van der Waals surface area contributed by atoms with E-state index in [9.17, 15) is 18.4 Å². The lowest BCUT2D eigenvalue weighted by Gasteiger charge is -2.35. The summed E-state index contributed by atoms with van der Waals surface area (Å²) in [5.74, 6) is 0.508. The van der Waals surface area contributed by atoms with Crippen LogP contribution in [0.2, 0.25) is 0 Å². The summed E-state index contributed by atoms with van der Waals surface area (Å²) < 4.78 is 36.8. The first-order valence-electron chi connectivity index (χ1n) is 14.6. The predicted octanol–water partition coefficient (Wildman–Crippen LogP) is 3.93. The van der Waals surface area contributed by atoms with E-state index < -0.39 is 6.61 Å². The Morgan fingerprint density at radius 1 is 1.02 bits per heavy atom. The van der Waals surface area contributed by atoms with Crippen molar-refractivity contribution in [1.82, 2.24) is 34.8 Å². The summed E-state index contributed by atoms with van der Waals surface area (Å²) in [4.78, 5) is 38.7. The number of methoxy groups -OCH3 is 1. The van der Waals surface area contributed by atoms with Crippen molar-refractivity contribution in [2.24, 2.45) is 0 Å². The van der Waals surface area contributed by atoms with Crippen LogP contribution in [0, 0.1) is 6.92 Å². The van der Waals surface area contributed by atoms with E-state index in [0.717, 1.165) is 22.5 Å². The number of carbonyl (C=O) groups excluding carboxylic acids is 2. The van der Waals surface area contributed by atoms with Crippen LogP contribution >= 0.6 is 12.4 Å². The van der Waals surface area contributed by atoms with Gasteiger partial charge in [0.15, 0.2) is 11.5 Å². The first-order valence-corrected chi connectivity index (χ1v) is 14.6. The fourth-order valence-corrected chi connectivity index (χ4v) is 5.73. The molecule has 12 nitrogen and oxygen atoms in total. The highest BCUT2D eigenvalue weighted by Gasteiger charge is 2.31. The normalized spacial score (nSPS) is 18.0. The Hall–Kier alpha value is -4.53. The van der Waals surface area contributed by atoms with E-state index in [4.69, 9.17) is 4.74 Å². The minimum atomic E-state index is -2.89. The maximum absolute atomic E-state index is 13.4. The number of fused-ring (bicyclic) bond motifs is 1. The number of hydrogen-bond donors (Lipinski definition) is 3. The molecule has 2 aromatic carbocycles. The molecule has 0 unspecified atom stereocenters. The highest BCUT2D eigenvalue weighted by Crippen LogP contribution is 2.28. The number of carbonyl (C=O) groups is 2. The Kier molecular flexibility index (Phi) is 10.2. The zero-order valence-electron chi connectivity index (χ0n) is 25.3. The van der Waals surface area contributed by atoms with Gasteiger partial charge in [0.05, 0.1) is 24.0 Å². The van der Waals surface area contributed by atoms with Crippen LogP contribution in [0.3, 0.4) is 0 Å². The van der Waals surface area contributed by atoms with Crippen molar-refractivity contribution in [2.45, 2.75) is 25.7 Å². The molecule has 0 bridgehead atoms. The van der Waals surface area contributed by atoms with E-state index in [0.29, 0.717) is 56.3 Å². The Balaban J connectivity index is 0.00000417. The Labute approximate surface area is 270 Å². The second-order valence-corrected chi connectivity index (χ2v) is 10.9. The van der Waals surface area contributed by atoms with Crippen LogP contribution in [0.1, 0.15) is 15.9 Å². The van der Waals surface area contributed by atoms with Crippen molar-refractivity contribution >= 4 is 41.5 Å². The highest BCUT2D eigenvalue weighted by atomic mass is 35.5. The van der Waals surface area contributed by atoms with Crippen molar-refractivity contribution in [3.63, 3.8) is 0 Å².